The summed E-state index contributed by atoms with van der Waals surface area (Å²) >= 11 is 0. The standard InChI is InChI=1S/C19H22N2O4S/c1-14(15-7-4-3-5-8-15)20-26(23,24)16-10-11-18(25-2)17(13-16)21-12-6-9-19(21)22/h3-5,7-8,10-11,13-14,20H,6,9,12H2,1-2H3/t14-/m1/s1. The summed E-state index contributed by atoms with van der Waals surface area (Å²) in [5.41, 5.74) is 1.37. The molecule has 3 rings (SSSR count). The van der Waals surface area contributed by atoms with E-state index < -0.39 is 10.0 Å². The van der Waals surface area contributed by atoms with Crippen LogP contribution in [0.2, 0.25) is 0 Å². The third-order valence-electron chi connectivity index (χ3n) is 4.46. The summed E-state index contributed by atoms with van der Waals surface area (Å²) in [5, 5.41) is 0. The Labute approximate surface area is 153 Å². The van der Waals surface area contributed by atoms with Crippen LogP contribution in [-0.4, -0.2) is 28.0 Å². The summed E-state index contributed by atoms with van der Waals surface area (Å²) in [5.74, 6) is 0.457. The maximum atomic E-state index is 12.8. The molecule has 1 N–H and O–H groups in total. The van der Waals surface area contributed by atoms with Gasteiger partial charge in [-0.1, -0.05) is 30.3 Å². The highest BCUT2D eigenvalue weighted by Crippen LogP contribution is 2.34. The molecule has 6 nitrogen and oxygen atoms in total. The van der Waals surface area contributed by atoms with Gasteiger partial charge in [0.2, 0.25) is 15.9 Å². The predicted octanol–water partition coefficient (Wildman–Crippen LogP) is 2.86. The molecule has 1 fully saturated rings. The van der Waals surface area contributed by atoms with E-state index in [-0.39, 0.29) is 16.8 Å². The van der Waals surface area contributed by atoms with Crippen LogP contribution in [0.1, 0.15) is 31.4 Å². The molecule has 1 amide bonds. The first-order chi connectivity index (χ1) is 12.4. The van der Waals surface area contributed by atoms with Gasteiger partial charge < -0.3 is 9.64 Å². The minimum absolute atomic E-state index is 0.0246. The van der Waals surface area contributed by atoms with Crippen molar-refractivity contribution in [1.82, 2.24) is 4.72 Å². The Kier molecular flexibility index (Phi) is 5.29. The Morgan fingerprint density at radius 2 is 1.88 bits per heavy atom. The number of nitrogens with one attached hydrogen (secondary N) is 1. The first-order valence-electron chi connectivity index (χ1n) is 8.48. The second-order valence-corrected chi connectivity index (χ2v) is 7.95. The van der Waals surface area contributed by atoms with Crippen LogP contribution in [0, 0.1) is 0 Å². The molecule has 26 heavy (non-hydrogen) atoms. The lowest BCUT2D eigenvalue weighted by Crippen LogP contribution is -2.28. The lowest BCUT2D eigenvalue weighted by Gasteiger charge is -2.21. The van der Waals surface area contributed by atoms with E-state index in [1.807, 2.05) is 30.3 Å². The average molecular weight is 374 g/mol. The number of hydrogen-bond acceptors (Lipinski definition) is 4. The third kappa shape index (κ3) is 3.73. The molecule has 0 saturated carbocycles. The Morgan fingerprint density at radius 3 is 2.50 bits per heavy atom. The fraction of sp³-hybridized carbons (Fsp3) is 0.316. The molecule has 0 unspecified atom stereocenters. The highest BCUT2D eigenvalue weighted by molar-refractivity contribution is 7.89. The van der Waals surface area contributed by atoms with Crippen molar-refractivity contribution < 1.29 is 17.9 Å². The molecule has 0 spiro atoms. The van der Waals surface area contributed by atoms with Crippen LogP contribution >= 0.6 is 0 Å². The molecule has 0 aliphatic carbocycles. The molecule has 138 valence electrons. The molecule has 2 aromatic carbocycles. The van der Waals surface area contributed by atoms with E-state index in [1.165, 1.54) is 19.2 Å². The van der Waals surface area contributed by atoms with Gasteiger partial charge in [-0.3, -0.25) is 4.79 Å². The van der Waals surface area contributed by atoms with Crippen molar-refractivity contribution in [3.63, 3.8) is 0 Å². The van der Waals surface area contributed by atoms with E-state index in [9.17, 15) is 13.2 Å². The minimum atomic E-state index is -3.75. The van der Waals surface area contributed by atoms with E-state index in [4.69, 9.17) is 4.74 Å². The molecule has 1 heterocycles. The molecule has 7 heteroatoms. The largest absolute Gasteiger partial charge is 0.495 e. The van der Waals surface area contributed by atoms with Gasteiger partial charge in [-0.15, -0.1) is 0 Å². The first-order valence-corrected chi connectivity index (χ1v) is 9.96. The summed E-state index contributed by atoms with van der Waals surface area (Å²) in [4.78, 5) is 13.8. The molecule has 1 aliphatic rings. The molecular weight excluding hydrogens is 352 g/mol. The van der Waals surface area contributed by atoms with Crippen molar-refractivity contribution in [3.05, 3.63) is 54.1 Å². The van der Waals surface area contributed by atoms with Crippen molar-refractivity contribution >= 4 is 21.6 Å². The number of methoxy groups -OCH3 is 1. The van der Waals surface area contributed by atoms with Gasteiger partial charge in [0.05, 0.1) is 17.7 Å². The van der Waals surface area contributed by atoms with Crippen LogP contribution in [-0.2, 0) is 14.8 Å². The van der Waals surface area contributed by atoms with Gasteiger partial charge in [0, 0.05) is 19.0 Å². The highest BCUT2D eigenvalue weighted by Gasteiger charge is 2.27. The van der Waals surface area contributed by atoms with Crippen LogP contribution in [0.25, 0.3) is 0 Å². The lowest BCUT2D eigenvalue weighted by molar-refractivity contribution is -0.117. The van der Waals surface area contributed by atoms with Crippen LogP contribution in [0.5, 0.6) is 5.75 Å². The van der Waals surface area contributed by atoms with E-state index in [2.05, 4.69) is 4.72 Å². The Balaban J connectivity index is 1.91. The topological polar surface area (TPSA) is 75.7 Å². The Bertz CT molecular complexity index is 897. The van der Waals surface area contributed by atoms with Gasteiger partial charge in [0.25, 0.3) is 0 Å². The van der Waals surface area contributed by atoms with Gasteiger partial charge in [-0.2, -0.15) is 0 Å². The second-order valence-electron chi connectivity index (χ2n) is 6.24. The Morgan fingerprint density at radius 1 is 1.15 bits per heavy atom. The van der Waals surface area contributed by atoms with Crippen molar-refractivity contribution in [2.75, 3.05) is 18.6 Å². The van der Waals surface area contributed by atoms with Crippen molar-refractivity contribution in [2.24, 2.45) is 0 Å². The normalized spacial score (nSPS) is 15.9. The smallest absolute Gasteiger partial charge is 0.241 e. The fourth-order valence-electron chi connectivity index (χ4n) is 3.06. The molecule has 0 radical (unpaired) electrons. The molecule has 1 aliphatic heterocycles. The van der Waals surface area contributed by atoms with Gasteiger partial charge >= 0.3 is 0 Å². The zero-order valence-corrected chi connectivity index (χ0v) is 15.6. The number of sulfonamides is 1. The van der Waals surface area contributed by atoms with E-state index in [1.54, 1.807) is 17.9 Å². The third-order valence-corrected chi connectivity index (χ3v) is 5.99. The number of amides is 1. The van der Waals surface area contributed by atoms with Crippen LogP contribution in [0.15, 0.2) is 53.4 Å². The van der Waals surface area contributed by atoms with Gasteiger partial charge in [0.15, 0.2) is 0 Å². The van der Waals surface area contributed by atoms with Gasteiger partial charge in [0.1, 0.15) is 5.75 Å². The van der Waals surface area contributed by atoms with E-state index in [0.717, 1.165) is 12.0 Å². The second kappa shape index (κ2) is 7.47. The molecular formula is C19H22N2O4S. The number of nitrogens with zero attached hydrogens (tertiary/aromatic N) is 1. The summed E-state index contributed by atoms with van der Waals surface area (Å²) in [6.45, 7) is 2.36. The number of hydrogen-bond donors (Lipinski definition) is 1. The maximum Gasteiger partial charge on any atom is 0.241 e. The monoisotopic (exact) mass is 374 g/mol. The zero-order chi connectivity index (χ0) is 18.7. The number of ether oxygens (including phenoxy) is 1. The van der Waals surface area contributed by atoms with E-state index in [0.29, 0.717) is 24.4 Å². The molecule has 2 aromatic rings. The van der Waals surface area contributed by atoms with Crippen LogP contribution in [0.4, 0.5) is 5.69 Å². The number of rotatable bonds is 6. The highest BCUT2D eigenvalue weighted by atomic mass is 32.2. The molecule has 1 saturated heterocycles. The molecule has 0 bridgehead atoms. The molecule has 0 aromatic heterocycles. The summed E-state index contributed by atoms with van der Waals surface area (Å²) in [6.07, 6.45) is 1.21. The SMILES string of the molecule is COc1ccc(S(=O)(=O)N[C@H](C)c2ccccc2)cc1N1CCCC1=O. The van der Waals surface area contributed by atoms with Crippen molar-refractivity contribution in [2.45, 2.75) is 30.7 Å². The fourth-order valence-corrected chi connectivity index (χ4v) is 4.31. The minimum Gasteiger partial charge on any atom is -0.495 e. The quantitative estimate of drug-likeness (QED) is 0.844. The van der Waals surface area contributed by atoms with Crippen LogP contribution < -0.4 is 14.4 Å². The molecule has 1 atom stereocenters. The average Bonchev–Trinajstić information content (AvgIpc) is 3.07. The van der Waals surface area contributed by atoms with Gasteiger partial charge in [-0.05, 0) is 37.1 Å². The predicted molar refractivity (Wildman–Crippen MR) is 99.8 cm³/mol. The summed E-state index contributed by atoms with van der Waals surface area (Å²) in [6, 6.07) is 13.6. The summed E-state index contributed by atoms with van der Waals surface area (Å²) in [7, 11) is -2.24. The van der Waals surface area contributed by atoms with Crippen molar-refractivity contribution in [1.29, 1.82) is 0 Å². The van der Waals surface area contributed by atoms with Crippen LogP contribution in [0.3, 0.4) is 0 Å². The van der Waals surface area contributed by atoms with Gasteiger partial charge in [-0.25, -0.2) is 13.1 Å². The first kappa shape index (κ1) is 18.4. The number of anilines is 1. The summed E-state index contributed by atoms with van der Waals surface area (Å²) < 4.78 is 33.6. The van der Waals surface area contributed by atoms with Crippen molar-refractivity contribution in [3.8, 4) is 5.75 Å². The maximum absolute atomic E-state index is 12.8. The zero-order valence-electron chi connectivity index (χ0n) is 14.8. The van der Waals surface area contributed by atoms with E-state index >= 15 is 0 Å². The number of carbonyl (C=O) groups excluding carboxylic acids is 1. The number of benzene rings is 2. The lowest BCUT2D eigenvalue weighted by atomic mass is 10.1. The number of carbonyl (C=O) groups is 1. The Hall–Kier alpha value is -2.38.